The monoisotopic (exact) mass is 373 g/mol. The molecule has 0 radical (unpaired) electrons. The molecule has 0 fully saturated rings. The molecule has 28 heavy (non-hydrogen) atoms. The number of carbonyl (C=O) groups excluding carboxylic acids is 1. The third kappa shape index (κ3) is 4.66. The fourth-order valence-electron chi connectivity index (χ4n) is 3.75. The maximum absolute atomic E-state index is 13.3. The molecule has 0 amide bonds. The lowest BCUT2D eigenvalue weighted by Crippen LogP contribution is -2.32. The molecule has 0 aliphatic heterocycles. The maximum Gasteiger partial charge on any atom is 0.143 e. The average Bonchev–Trinajstić information content (AvgIpc) is 2.67. The molecule has 1 unspecified atom stereocenters. The van der Waals surface area contributed by atoms with Gasteiger partial charge in [-0.3, -0.25) is 9.78 Å². The average molecular weight is 373 g/mol. The van der Waals surface area contributed by atoms with Crippen molar-refractivity contribution in [3.8, 4) is 5.75 Å². The standard InChI is InChI=1S/C25H27NO2/c1-18(2)15-25(3,16-19-8-6-5-7-9-19)24(27)13-20-12-21-14-22(28-4)10-11-23(21)26-17-20/h5-12,14,17H,1,13,15-16H2,2-4H3. The molecule has 3 rings (SSSR count). The van der Waals surface area contributed by atoms with E-state index in [-0.39, 0.29) is 5.78 Å². The summed E-state index contributed by atoms with van der Waals surface area (Å²) in [7, 11) is 1.65. The van der Waals surface area contributed by atoms with E-state index in [1.54, 1.807) is 13.3 Å². The van der Waals surface area contributed by atoms with Gasteiger partial charge in [0.2, 0.25) is 0 Å². The number of carbonyl (C=O) groups is 1. The summed E-state index contributed by atoms with van der Waals surface area (Å²) >= 11 is 0. The third-order valence-corrected chi connectivity index (χ3v) is 5.11. The predicted octanol–water partition coefficient (Wildman–Crippen LogP) is 5.57. The summed E-state index contributed by atoms with van der Waals surface area (Å²) in [5, 5.41) is 0.981. The highest BCUT2D eigenvalue weighted by Crippen LogP contribution is 2.32. The van der Waals surface area contributed by atoms with E-state index in [4.69, 9.17) is 4.74 Å². The molecule has 0 aliphatic rings. The molecular weight excluding hydrogens is 346 g/mol. The number of ether oxygens (including phenoxy) is 1. The summed E-state index contributed by atoms with van der Waals surface area (Å²) < 4.78 is 5.30. The first-order valence-corrected chi connectivity index (χ1v) is 9.54. The van der Waals surface area contributed by atoms with Crippen LogP contribution in [0.1, 0.15) is 31.4 Å². The van der Waals surface area contributed by atoms with Crippen molar-refractivity contribution in [2.45, 2.75) is 33.1 Å². The summed E-state index contributed by atoms with van der Waals surface area (Å²) in [5.74, 6) is 0.998. The molecule has 0 spiro atoms. The van der Waals surface area contributed by atoms with Crippen LogP contribution in [0.5, 0.6) is 5.75 Å². The summed E-state index contributed by atoms with van der Waals surface area (Å²) in [5.41, 5.74) is 3.52. The van der Waals surface area contributed by atoms with Crippen LogP contribution in [-0.2, 0) is 17.6 Å². The molecule has 3 heteroatoms. The molecule has 1 heterocycles. The van der Waals surface area contributed by atoms with Crippen molar-refractivity contribution in [1.82, 2.24) is 4.98 Å². The van der Waals surface area contributed by atoms with E-state index in [0.29, 0.717) is 19.3 Å². The molecule has 3 nitrogen and oxygen atoms in total. The van der Waals surface area contributed by atoms with Gasteiger partial charge in [0.25, 0.3) is 0 Å². The van der Waals surface area contributed by atoms with E-state index in [2.05, 4.69) is 30.6 Å². The summed E-state index contributed by atoms with van der Waals surface area (Å²) in [6, 6.07) is 18.0. The Kier molecular flexibility index (Phi) is 5.93. The molecular formula is C25H27NO2. The van der Waals surface area contributed by atoms with Crippen molar-refractivity contribution in [2.24, 2.45) is 5.41 Å². The zero-order chi connectivity index (χ0) is 20.1. The summed E-state index contributed by atoms with van der Waals surface area (Å²) in [4.78, 5) is 17.9. The number of hydrogen-bond acceptors (Lipinski definition) is 3. The third-order valence-electron chi connectivity index (χ3n) is 5.11. The van der Waals surface area contributed by atoms with Crippen molar-refractivity contribution in [3.05, 3.63) is 84.1 Å². The van der Waals surface area contributed by atoms with Crippen LogP contribution >= 0.6 is 0 Å². The van der Waals surface area contributed by atoms with Gasteiger partial charge in [-0.1, -0.05) is 42.8 Å². The summed E-state index contributed by atoms with van der Waals surface area (Å²) in [6.45, 7) is 8.09. The SMILES string of the molecule is C=C(C)CC(C)(Cc1ccccc1)C(=O)Cc1cnc2ccc(OC)cc2c1. The van der Waals surface area contributed by atoms with Crippen LogP contribution in [-0.4, -0.2) is 17.9 Å². The Balaban J connectivity index is 1.86. The Morgan fingerprint density at radius 2 is 1.86 bits per heavy atom. The van der Waals surface area contributed by atoms with E-state index >= 15 is 0 Å². The fraction of sp³-hybridized carbons (Fsp3) is 0.280. The number of benzene rings is 2. The molecule has 1 atom stereocenters. The number of nitrogens with zero attached hydrogens (tertiary/aromatic N) is 1. The second-order valence-electron chi connectivity index (χ2n) is 7.86. The molecule has 1 aromatic heterocycles. The van der Waals surface area contributed by atoms with Gasteiger partial charge in [0, 0.05) is 23.4 Å². The number of hydrogen-bond donors (Lipinski definition) is 0. The second kappa shape index (κ2) is 8.39. The minimum absolute atomic E-state index is 0.211. The molecule has 2 aromatic carbocycles. The van der Waals surface area contributed by atoms with Crippen LogP contribution in [0.3, 0.4) is 0 Å². The number of Topliss-reactive ketones (excluding diaryl/α,β-unsaturated/α-hetero) is 1. The minimum Gasteiger partial charge on any atom is -0.497 e. The fourth-order valence-corrected chi connectivity index (χ4v) is 3.75. The maximum atomic E-state index is 13.3. The van der Waals surface area contributed by atoms with E-state index < -0.39 is 5.41 Å². The number of methoxy groups -OCH3 is 1. The van der Waals surface area contributed by atoms with E-state index in [1.165, 1.54) is 5.56 Å². The van der Waals surface area contributed by atoms with Crippen molar-refractivity contribution in [1.29, 1.82) is 0 Å². The highest BCUT2D eigenvalue weighted by Gasteiger charge is 2.33. The van der Waals surface area contributed by atoms with E-state index in [0.717, 1.165) is 27.8 Å². The van der Waals surface area contributed by atoms with Crippen molar-refractivity contribution >= 4 is 16.7 Å². The van der Waals surface area contributed by atoms with E-state index in [1.807, 2.05) is 49.4 Å². The zero-order valence-electron chi connectivity index (χ0n) is 16.9. The van der Waals surface area contributed by atoms with Crippen LogP contribution in [0, 0.1) is 5.41 Å². The van der Waals surface area contributed by atoms with Crippen LogP contribution in [0.4, 0.5) is 0 Å². The van der Waals surface area contributed by atoms with Crippen molar-refractivity contribution < 1.29 is 9.53 Å². The predicted molar refractivity (Wildman–Crippen MR) is 115 cm³/mol. The molecule has 144 valence electrons. The molecule has 0 aliphatic carbocycles. The highest BCUT2D eigenvalue weighted by atomic mass is 16.5. The van der Waals surface area contributed by atoms with Crippen LogP contribution in [0.2, 0.25) is 0 Å². The Labute approximate surface area is 167 Å². The van der Waals surface area contributed by atoms with Crippen molar-refractivity contribution in [3.63, 3.8) is 0 Å². The second-order valence-corrected chi connectivity index (χ2v) is 7.86. The molecule has 0 saturated heterocycles. The van der Waals surface area contributed by atoms with Gasteiger partial charge in [-0.2, -0.15) is 0 Å². The quantitative estimate of drug-likeness (QED) is 0.485. The van der Waals surface area contributed by atoms with Gasteiger partial charge >= 0.3 is 0 Å². The van der Waals surface area contributed by atoms with Crippen LogP contribution in [0.15, 0.2) is 72.9 Å². The smallest absolute Gasteiger partial charge is 0.143 e. The first-order valence-electron chi connectivity index (χ1n) is 9.54. The number of aromatic nitrogens is 1. The number of allylic oxidation sites excluding steroid dienone is 1. The zero-order valence-corrected chi connectivity index (χ0v) is 16.9. The van der Waals surface area contributed by atoms with Crippen LogP contribution in [0.25, 0.3) is 10.9 Å². The van der Waals surface area contributed by atoms with Gasteiger partial charge in [0.05, 0.1) is 12.6 Å². The van der Waals surface area contributed by atoms with Gasteiger partial charge in [0.15, 0.2) is 0 Å². The number of rotatable bonds is 8. The van der Waals surface area contributed by atoms with Gasteiger partial charge in [-0.05, 0) is 55.2 Å². The Bertz CT molecular complexity index is 994. The van der Waals surface area contributed by atoms with Gasteiger partial charge in [-0.15, -0.1) is 6.58 Å². The minimum atomic E-state index is -0.490. The molecule has 3 aromatic rings. The lowest BCUT2D eigenvalue weighted by molar-refractivity contribution is -0.127. The van der Waals surface area contributed by atoms with Crippen LogP contribution < -0.4 is 4.74 Å². The first kappa shape index (κ1) is 19.8. The lowest BCUT2D eigenvalue weighted by atomic mass is 9.73. The molecule has 0 bridgehead atoms. The normalized spacial score (nSPS) is 13.1. The summed E-state index contributed by atoms with van der Waals surface area (Å²) in [6.07, 6.45) is 3.54. The van der Waals surface area contributed by atoms with Gasteiger partial charge in [-0.25, -0.2) is 0 Å². The molecule has 0 saturated carbocycles. The Hall–Kier alpha value is -2.94. The van der Waals surface area contributed by atoms with Gasteiger partial charge in [0.1, 0.15) is 11.5 Å². The Morgan fingerprint density at radius 1 is 1.11 bits per heavy atom. The largest absolute Gasteiger partial charge is 0.497 e. The number of ketones is 1. The highest BCUT2D eigenvalue weighted by molar-refractivity contribution is 5.88. The van der Waals surface area contributed by atoms with Crippen molar-refractivity contribution in [2.75, 3.05) is 7.11 Å². The number of pyridine rings is 1. The number of fused-ring (bicyclic) bond motifs is 1. The molecule has 0 N–H and O–H groups in total. The van der Waals surface area contributed by atoms with Gasteiger partial charge < -0.3 is 4.74 Å². The first-order chi connectivity index (χ1) is 13.4. The van der Waals surface area contributed by atoms with E-state index in [9.17, 15) is 4.79 Å². The lowest BCUT2D eigenvalue weighted by Gasteiger charge is -2.29. The Morgan fingerprint density at radius 3 is 2.54 bits per heavy atom. The topological polar surface area (TPSA) is 39.2 Å².